The summed E-state index contributed by atoms with van der Waals surface area (Å²) in [5.41, 5.74) is 8.67. The second-order valence-electron chi connectivity index (χ2n) is 4.91. The van der Waals surface area contributed by atoms with Crippen LogP contribution in [-0.2, 0) is 0 Å². The zero-order chi connectivity index (χ0) is 11.8. The lowest BCUT2D eigenvalue weighted by molar-refractivity contribution is 0.0635. The third kappa shape index (κ3) is 1.57. The summed E-state index contributed by atoms with van der Waals surface area (Å²) in [6.45, 7) is 4.55. The first-order valence-electron chi connectivity index (χ1n) is 5.92. The van der Waals surface area contributed by atoms with E-state index in [0.717, 1.165) is 30.4 Å². The van der Waals surface area contributed by atoms with Crippen LogP contribution in [0.25, 0.3) is 0 Å². The first-order chi connectivity index (χ1) is 7.60. The third-order valence-electron chi connectivity index (χ3n) is 4.03. The number of ketones is 1. The molecule has 0 aromatic heterocycles. The zero-order valence-electron chi connectivity index (χ0n) is 10.0. The van der Waals surface area contributed by atoms with Crippen LogP contribution in [0.2, 0.25) is 0 Å². The van der Waals surface area contributed by atoms with Gasteiger partial charge >= 0.3 is 0 Å². The Hall–Kier alpha value is -1.15. The topological polar surface area (TPSA) is 43.1 Å². The average molecular weight is 217 g/mol. The molecule has 2 N–H and O–H groups in total. The standard InChI is InChI=1S/C14H19NO/c1-10-5-3-6-12(11(10)2)13(16)14(9-15)7-4-8-14/h3,5-6H,4,7-9,15H2,1-2H3. The summed E-state index contributed by atoms with van der Waals surface area (Å²) in [6.07, 6.45) is 3.04. The summed E-state index contributed by atoms with van der Waals surface area (Å²) in [6, 6.07) is 5.93. The maximum atomic E-state index is 12.5. The highest BCUT2D eigenvalue weighted by atomic mass is 16.1. The summed E-state index contributed by atoms with van der Waals surface area (Å²) >= 11 is 0. The van der Waals surface area contributed by atoms with Crippen molar-refractivity contribution in [2.24, 2.45) is 11.1 Å². The Kier molecular flexibility index (Phi) is 2.85. The zero-order valence-corrected chi connectivity index (χ0v) is 10.0. The van der Waals surface area contributed by atoms with E-state index in [1.807, 2.05) is 32.0 Å². The molecular weight excluding hydrogens is 198 g/mol. The smallest absolute Gasteiger partial charge is 0.170 e. The first kappa shape index (κ1) is 11.3. The predicted octanol–water partition coefficient (Wildman–Crippen LogP) is 2.62. The van der Waals surface area contributed by atoms with Crippen LogP contribution in [0.5, 0.6) is 0 Å². The van der Waals surface area contributed by atoms with Gasteiger partial charge in [-0.25, -0.2) is 0 Å². The fourth-order valence-corrected chi connectivity index (χ4v) is 2.41. The highest BCUT2D eigenvalue weighted by molar-refractivity contribution is 6.02. The summed E-state index contributed by atoms with van der Waals surface area (Å²) in [7, 11) is 0. The molecule has 16 heavy (non-hydrogen) atoms. The molecule has 0 saturated heterocycles. The molecule has 1 saturated carbocycles. The van der Waals surface area contributed by atoms with Crippen LogP contribution in [0.15, 0.2) is 18.2 Å². The van der Waals surface area contributed by atoms with Gasteiger partial charge in [0.05, 0.1) is 0 Å². The summed E-state index contributed by atoms with van der Waals surface area (Å²) < 4.78 is 0. The van der Waals surface area contributed by atoms with Crippen LogP contribution < -0.4 is 5.73 Å². The highest BCUT2D eigenvalue weighted by Gasteiger charge is 2.43. The molecule has 2 nitrogen and oxygen atoms in total. The fourth-order valence-electron chi connectivity index (χ4n) is 2.41. The molecule has 0 spiro atoms. The van der Waals surface area contributed by atoms with E-state index in [1.54, 1.807) is 0 Å². The third-order valence-corrected chi connectivity index (χ3v) is 4.03. The van der Waals surface area contributed by atoms with Gasteiger partial charge in [-0.1, -0.05) is 24.6 Å². The summed E-state index contributed by atoms with van der Waals surface area (Å²) in [4.78, 5) is 12.5. The Balaban J connectivity index is 2.37. The van der Waals surface area contributed by atoms with Crippen molar-refractivity contribution < 1.29 is 4.79 Å². The second-order valence-corrected chi connectivity index (χ2v) is 4.91. The Labute approximate surface area is 96.8 Å². The van der Waals surface area contributed by atoms with Gasteiger partial charge in [-0.05, 0) is 37.8 Å². The monoisotopic (exact) mass is 217 g/mol. The van der Waals surface area contributed by atoms with E-state index in [4.69, 9.17) is 5.73 Å². The van der Waals surface area contributed by atoms with Crippen LogP contribution in [0, 0.1) is 19.3 Å². The largest absolute Gasteiger partial charge is 0.329 e. The molecule has 1 aliphatic carbocycles. The van der Waals surface area contributed by atoms with E-state index in [0.29, 0.717) is 6.54 Å². The van der Waals surface area contributed by atoms with Crippen molar-refractivity contribution in [3.8, 4) is 0 Å². The lowest BCUT2D eigenvalue weighted by atomic mass is 9.64. The van der Waals surface area contributed by atoms with Crippen LogP contribution in [0.1, 0.15) is 40.7 Å². The van der Waals surface area contributed by atoms with Crippen LogP contribution >= 0.6 is 0 Å². The number of benzene rings is 1. The maximum Gasteiger partial charge on any atom is 0.170 e. The molecule has 0 aliphatic heterocycles. The van der Waals surface area contributed by atoms with E-state index in [9.17, 15) is 4.79 Å². The lowest BCUT2D eigenvalue weighted by Gasteiger charge is -2.39. The van der Waals surface area contributed by atoms with Crippen molar-refractivity contribution in [2.75, 3.05) is 6.54 Å². The van der Waals surface area contributed by atoms with Gasteiger partial charge in [-0.3, -0.25) is 4.79 Å². The molecule has 0 unspecified atom stereocenters. The number of hydrogen-bond donors (Lipinski definition) is 1. The van der Waals surface area contributed by atoms with Crippen molar-refractivity contribution in [2.45, 2.75) is 33.1 Å². The van der Waals surface area contributed by atoms with Crippen LogP contribution in [-0.4, -0.2) is 12.3 Å². The van der Waals surface area contributed by atoms with Crippen molar-refractivity contribution in [1.29, 1.82) is 0 Å². The molecule has 2 rings (SSSR count). The van der Waals surface area contributed by atoms with Gasteiger partial charge in [0.25, 0.3) is 0 Å². The number of rotatable bonds is 3. The molecule has 1 aromatic carbocycles. The molecule has 86 valence electrons. The minimum atomic E-state index is -0.251. The summed E-state index contributed by atoms with van der Waals surface area (Å²) in [5.74, 6) is 0.252. The second kappa shape index (κ2) is 4.02. The number of nitrogens with two attached hydrogens (primary N) is 1. The Morgan fingerprint density at radius 1 is 1.38 bits per heavy atom. The Morgan fingerprint density at radius 3 is 2.56 bits per heavy atom. The van der Waals surface area contributed by atoms with E-state index in [1.165, 1.54) is 5.56 Å². The Morgan fingerprint density at radius 2 is 2.06 bits per heavy atom. The first-order valence-corrected chi connectivity index (χ1v) is 5.92. The minimum absolute atomic E-state index is 0.251. The number of Topliss-reactive ketones (excluding diaryl/α,β-unsaturated/α-hetero) is 1. The fraction of sp³-hybridized carbons (Fsp3) is 0.500. The van der Waals surface area contributed by atoms with E-state index < -0.39 is 0 Å². The molecule has 0 heterocycles. The SMILES string of the molecule is Cc1cccc(C(=O)C2(CN)CCC2)c1C. The maximum absolute atomic E-state index is 12.5. The molecule has 1 fully saturated rings. The van der Waals surface area contributed by atoms with Crippen molar-refractivity contribution >= 4 is 5.78 Å². The van der Waals surface area contributed by atoms with Gasteiger partial charge in [0.1, 0.15) is 0 Å². The average Bonchev–Trinajstić information content (AvgIpc) is 2.21. The van der Waals surface area contributed by atoms with Crippen LogP contribution in [0.4, 0.5) is 0 Å². The molecule has 0 radical (unpaired) electrons. The Bertz CT molecular complexity index is 413. The van der Waals surface area contributed by atoms with Gasteiger partial charge < -0.3 is 5.73 Å². The number of carbonyl (C=O) groups excluding carboxylic acids is 1. The van der Waals surface area contributed by atoms with Gasteiger partial charge in [0.2, 0.25) is 0 Å². The molecule has 2 heteroatoms. The van der Waals surface area contributed by atoms with Crippen molar-refractivity contribution in [3.05, 3.63) is 34.9 Å². The van der Waals surface area contributed by atoms with Crippen molar-refractivity contribution in [1.82, 2.24) is 0 Å². The molecule has 0 bridgehead atoms. The predicted molar refractivity (Wildman–Crippen MR) is 65.6 cm³/mol. The highest BCUT2D eigenvalue weighted by Crippen LogP contribution is 2.43. The van der Waals surface area contributed by atoms with Gasteiger partial charge in [0, 0.05) is 17.5 Å². The molecule has 1 aromatic rings. The van der Waals surface area contributed by atoms with E-state index >= 15 is 0 Å². The molecular formula is C14H19NO. The summed E-state index contributed by atoms with van der Waals surface area (Å²) in [5, 5.41) is 0. The normalized spacial score (nSPS) is 17.9. The van der Waals surface area contributed by atoms with Crippen molar-refractivity contribution in [3.63, 3.8) is 0 Å². The number of aryl methyl sites for hydroxylation is 1. The number of carbonyl (C=O) groups is 1. The van der Waals surface area contributed by atoms with Gasteiger partial charge in [0.15, 0.2) is 5.78 Å². The lowest BCUT2D eigenvalue weighted by Crippen LogP contribution is -2.44. The molecule has 0 atom stereocenters. The quantitative estimate of drug-likeness (QED) is 0.791. The molecule has 0 amide bonds. The number of hydrogen-bond acceptors (Lipinski definition) is 2. The minimum Gasteiger partial charge on any atom is -0.329 e. The van der Waals surface area contributed by atoms with Crippen LogP contribution in [0.3, 0.4) is 0 Å². The van der Waals surface area contributed by atoms with E-state index in [-0.39, 0.29) is 11.2 Å². The van der Waals surface area contributed by atoms with E-state index in [2.05, 4.69) is 0 Å². The van der Waals surface area contributed by atoms with Gasteiger partial charge in [-0.15, -0.1) is 0 Å². The molecule has 1 aliphatic rings. The van der Waals surface area contributed by atoms with Gasteiger partial charge in [-0.2, -0.15) is 0 Å².